The van der Waals surface area contributed by atoms with Crippen LogP contribution in [0.5, 0.6) is 0 Å². The van der Waals surface area contributed by atoms with Gasteiger partial charge in [-0.3, -0.25) is 0 Å². The zero-order valence-corrected chi connectivity index (χ0v) is 15.3. The molecule has 0 saturated heterocycles. The highest BCUT2D eigenvalue weighted by atomic mass is 32.2. The summed E-state index contributed by atoms with van der Waals surface area (Å²) in [6.07, 6.45) is 9.35. The Balaban J connectivity index is 1.67. The van der Waals surface area contributed by atoms with E-state index >= 15 is 0 Å². The molecule has 1 heterocycles. The van der Waals surface area contributed by atoms with E-state index < -0.39 is 16.1 Å². The van der Waals surface area contributed by atoms with Crippen molar-refractivity contribution >= 4 is 21.4 Å². The van der Waals surface area contributed by atoms with Crippen molar-refractivity contribution in [1.82, 2.24) is 0 Å². The quantitative estimate of drug-likeness (QED) is 0.836. The Morgan fingerprint density at radius 3 is 2.77 bits per heavy atom. The summed E-state index contributed by atoms with van der Waals surface area (Å²) in [7, 11) is -3.68. The van der Waals surface area contributed by atoms with Crippen LogP contribution in [-0.2, 0) is 10.0 Å². The third kappa shape index (κ3) is 2.32. The summed E-state index contributed by atoms with van der Waals surface area (Å²) >= 11 is 0. The van der Waals surface area contributed by atoms with E-state index in [-0.39, 0.29) is 10.8 Å². The Bertz CT molecular complexity index is 969. The Kier molecular flexibility index (Phi) is 3.62. The molecule has 1 aromatic rings. The predicted octanol–water partition coefficient (Wildman–Crippen LogP) is 3.44. The van der Waals surface area contributed by atoms with Crippen molar-refractivity contribution in [2.24, 2.45) is 10.3 Å². The number of nitrogens with zero attached hydrogens (tertiary/aromatic N) is 1. The summed E-state index contributed by atoms with van der Waals surface area (Å²) in [4.78, 5) is 0.265. The molecule has 2 N–H and O–H groups in total. The minimum atomic E-state index is -3.68. The lowest BCUT2D eigenvalue weighted by molar-refractivity contribution is 0.126. The minimum absolute atomic E-state index is 0.233. The van der Waals surface area contributed by atoms with Crippen molar-refractivity contribution < 1.29 is 13.5 Å². The van der Waals surface area contributed by atoms with Crippen LogP contribution in [0.3, 0.4) is 0 Å². The van der Waals surface area contributed by atoms with Gasteiger partial charge in [-0.15, -0.1) is 0 Å². The topological polar surface area (TPSA) is 78.8 Å². The lowest BCUT2D eigenvalue weighted by Gasteiger charge is -2.35. The standard InChI is InChI=1S/C20H22N2O3S/c23-20-13-8-4-10-15(21-12-6-2-1-3-7-12)17(13)19-18-14(20)9-5-11-16(18)26(24,25)22-19/h4-5,8,10-12,14,20-21,23H,1-3,6-7,9H2. The first kappa shape index (κ1) is 16.3. The number of sulfonamides is 1. The zero-order chi connectivity index (χ0) is 17.9. The Labute approximate surface area is 153 Å². The van der Waals surface area contributed by atoms with Crippen LogP contribution in [0.1, 0.15) is 55.8 Å². The molecule has 4 aliphatic rings. The fourth-order valence-electron chi connectivity index (χ4n) is 4.80. The second-order valence-electron chi connectivity index (χ2n) is 7.63. The third-order valence-corrected chi connectivity index (χ3v) is 7.37. The molecule has 5 nitrogen and oxygen atoms in total. The second kappa shape index (κ2) is 5.79. The molecule has 0 aromatic heterocycles. The molecule has 0 spiro atoms. The predicted molar refractivity (Wildman–Crippen MR) is 102 cm³/mol. The van der Waals surface area contributed by atoms with Crippen molar-refractivity contribution in [3.8, 4) is 0 Å². The van der Waals surface area contributed by atoms with Crippen LogP contribution in [0.25, 0.3) is 0 Å². The maximum absolute atomic E-state index is 12.6. The maximum Gasteiger partial charge on any atom is 0.283 e. The molecule has 0 amide bonds. The van der Waals surface area contributed by atoms with Crippen molar-refractivity contribution in [2.45, 2.75) is 50.7 Å². The number of anilines is 1. The number of aliphatic hydroxyl groups excluding tert-OH is 1. The summed E-state index contributed by atoms with van der Waals surface area (Å²) in [5.74, 6) is -0.233. The molecule has 136 valence electrons. The van der Waals surface area contributed by atoms with E-state index in [1.54, 1.807) is 6.08 Å². The highest BCUT2D eigenvalue weighted by Gasteiger charge is 2.45. The smallest absolute Gasteiger partial charge is 0.283 e. The summed E-state index contributed by atoms with van der Waals surface area (Å²) in [5, 5.41) is 14.6. The molecule has 2 atom stereocenters. The fraction of sp³-hybridized carbons (Fsp3) is 0.450. The van der Waals surface area contributed by atoms with Crippen LogP contribution < -0.4 is 5.32 Å². The Hall–Kier alpha value is -1.92. The number of aliphatic hydroxyl groups is 1. The van der Waals surface area contributed by atoms with Crippen LogP contribution in [-0.4, -0.2) is 25.3 Å². The van der Waals surface area contributed by atoms with Crippen molar-refractivity contribution in [1.29, 1.82) is 0 Å². The number of rotatable bonds is 2. The second-order valence-corrected chi connectivity index (χ2v) is 9.20. The maximum atomic E-state index is 12.6. The van der Waals surface area contributed by atoms with E-state index in [1.807, 2.05) is 24.3 Å². The average Bonchev–Trinajstić information content (AvgIpc) is 2.92. The number of hydrogen-bond acceptors (Lipinski definition) is 4. The molecule has 0 radical (unpaired) electrons. The van der Waals surface area contributed by atoms with Crippen LogP contribution >= 0.6 is 0 Å². The molecular formula is C20H22N2O3S. The van der Waals surface area contributed by atoms with Gasteiger partial charge < -0.3 is 10.4 Å². The van der Waals surface area contributed by atoms with E-state index in [4.69, 9.17) is 0 Å². The monoisotopic (exact) mass is 370 g/mol. The van der Waals surface area contributed by atoms with E-state index in [0.717, 1.165) is 29.7 Å². The van der Waals surface area contributed by atoms with Gasteiger partial charge in [-0.05, 0) is 37.0 Å². The molecule has 1 aromatic carbocycles. The summed E-state index contributed by atoms with van der Waals surface area (Å²) in [6, 6.07) is 6.20. The number of benzene rings is 1. The van der Waals surface area contributed by atoms with Crippen LogP contribution in [0.4, 0.5) is 5.69 Å². The molecule has 3 aliphatic carbocycles. The molecule has 1 fully saturated rings. The molecule has 26 heavy (non-hydrogen) atoms. The summed E-state index contributed by atoms with van der Waals surface area (Å²) in [5.41, 5.74) is 3.68. The van der Waals surface area contributed by atoms with Gasteiger partial charge in [0.15, 0.2) is 0 Å². The van der Waals surface area contributed by atoms with Crippen molar-refractivity contribution in [3.63, 3.8) is 0 Å². The van der Waals surface area contributed by atoms with Gasteiger partial charge in [0.1, 0.15) is 0 Å². The minimum Gasteiger partial charge on any atom is -0.388 e. The molecule has 1 saturated carbocycles. The van der Waals surface area contributed by atoms with Crippen LogP contribution in [0, 0.1) is 5.92 Å². The third-order valence-electron chi connectivity index (χ3n) is 6.04. The lowest BCUT2D eigenvalue weighted by Crippen LogP contribution is -2.31. The normalized spacial score (nSPS) is 29.2. The number of hydrogen-bond donors (Lipinski definition) is 2. The van der Waals surface area contributed by atoms with Gasteiger partial charge in [0.2, 0.25) is 0 Å². The largest absolute Gasteiger partial charge is 0.388 e. The van der Waals surface area contributed by atoms with Gasteiger partial charge in [-0.2, -0.15) is 12.8 Å². The highest BCUT2D eigenvalue weighted by molar-refractivity contribution is 7.94. The lowest BCUT2D eigenvalue weighted by atomic mass is 9.73. The van der Waals surface area contributed by atoms with Gasteiger partial charge in [0.25, 0.3) is 10.0 Å². The first-order chi connectivity index (χ1) is 12.6. The summed E-state index contributed by atoms with van der Waals surface area (Å²) in [6.45, 7) is 0. The van der Waals surface area contributed by atoms with Gasteiger partial charge in [0.05, 0.1) is 16.7 Å². The van der Waals surface area contributed by atoms with Gasteiger partial charge in [-0.25, -0.2) is 0 Å². The SMILES string of the molecule is O=S1(=O)N=C2C3=C1C=CCC3C(O)c1cccc(NC3CCCCC3)c12. The van der Waals surface area contributed by atoms with Gasteiger partial charge in [0, 0.05) is 28.8 Å². The van der Waals surface area contributed by atoms with E-state index in [9.17, 15) is 13.5 Å². The van der Waals surface area contributed by atoms with Crippen LogP contribution in [0.2, 0.25) is 0 Å². The summed E-state index contributed by atoms with van der Waals surface area (Å²) < 4.78 is 29.2. The molecule has 6 heteroatoms. The van der Waals surface area contributed by atoms with Crippen molar-refractivity contribution in [2.75, 3.05) is 5.32 Å². The van der Waals surface area contributed by atoms with Crippen LogP contribution in [0.15, 0.2) is 45.2 Å². The van der Waals surface area contributed by atoms with E-state index in [2.05, 4.69) is 9.71 Å². The first-order valence-corrected chi connectivity index (χ1v) is 10.8. The molecule has 2 unspecified atom stereocenters. The molecule has 5 rings (SSSR count). The van der Waals surface area contributed by atoms with E-state index in [0.29, 0.717) is 23.7 Å². The number of nitrogens with one attached hydrogen (secondary N) is 1. The zero-order valence-electron chi connectivity index (χ0n) is 14.5. The van der Waals surface area contributed by atoms with E-state index in [1.165, 1.54) is 19.3 Å². The molecular weight excluding hydrogens is 348 g/mol. The highest BCUT2D eigenvalue weighted by Crippen LogP contribution is 2.49. The molecule has 1 aliphatic heterocycles. The molecule has 0 bridgehead atoms. The van der Waals surface area contributed by atoms with Crippen molar-refractivity contribution in [3.05, 3.63) is 52.0 Å². The van der Waals surface area contributed by atoms with Gasteiger partial charge in [-0.1, -0.05) is 37.5 Å². The number of allylic oxidation sites excluding steroid dienone is 2. The van der Waals surface area contributed by atoms with Gasteiger partial charge >= 0.3 is 0 Å². The average molecular weight is 370 g/mol. The first-order valence-electron chi connectivity index (χ1n) is 9.40. The fourth-order valence-corrected chi connectivity index (χ4v) is 6.12. The Morgan fingerprint density at radius 2 is 1.96 bits per heavy atom. The number of fused-ring (bicyclic) bond motifs is 2. The Morgan fingerprint density at radius 1 is 1.15 bits per heavy atom.